The van der Waals surface area contributed by atoms with Crippen molar-refractivity contribution in [2.45, 2.75) is 124 Å². The molecule has 2 N–H and O–H groups in total. The predicted molar refractivity (Wildman–Crippen MR) is 212 cm³/mol. The Balaban J connectivity index is 2.24. The molecular formula is C42H62N4O10. The van der Waals surface area contributed by atoms with Crippen LogP contribution < -0.4 is 15.4 Å². The standard InChI is InChI=1S/C42H62N4O10/c1-10-28(7)14-12-16-36(48)56-38(27(5)6)37(49)31(11-2)39(50)44-32(24-26(3)4)41(52)46-22-13-15-34(46)40(51)45-33(42(53)55-23-21-35(47)43-8)25-29-17-19-30(54-9)20-18-29/h11,17-20,26-28,31-34,38H,2,8,10,12-16,21-25H2,1,3-7,9H3,(H,44,50)(H,45,51)/t28-,31-,32-,33-,34-,38-/m0/s1. The summed E-state index contributed by atoms with van der Waals surface area (Å²) in [5.74, 6) is -5.19. The molecule has 6 atom stereocenters. The molecule has 1 aromatic carbocycles. The zero-order valence-electron chi connectivity index (χ0n) is 34.2. The number of benzene rings is 1. The predicted octanol–water partition coefficient (Wildman–Crippen LogP) is 4.56. The van der Waals surface area contributed by atoms with E-state index in [2.05, 4.69) is 42.8 Å². The molecule has 0 bridgehead atoms. The van der Waals surface area contributed by atoms with Crippen LogP contribution in [0.25, 0.3) is 0 Å². The van der Waals surface area contributed by atoms with Gasteiger partial charge in [-0.2, -0.15) is 0 Å². The van der Waals surface area contributed by atoms with E-state index < -0.39 is 77.4 Å². The number of nitrogens with zero attached hydrogens (tertiary/aromatic N) is 2. The first-order valence-electron chi connectivity index (χ1n) is 19.6. The van der Waals surface area contributed by atoms with Crippen LogP contribution in [0, 0.1) is 23.7 Å². The van der Waals surface area contributed by atoms with E-state index in [1.165, 1.54) is 18.1 Å². The quantitative estimate of drug-likeness (QED) is 0.0652. The highest BCUT2D eigenvalue weighted by atomic mass is 16.5. The lowest BCUT2D eigenvalue weighted by Gasteiger charge is -2.31. The molecule has 1 heterocycles. The summed E-state index contributed by atoms with van der Waals surface area (Å²) < 4.78 is 16.1. The minimum absolute atomic E-state index is 0.0522. The normalized spacial score (nSPS) is 16.5. The van der Waals surface area contributed by atoms with E-state index in [0.717, 1.165) is 12.8 Å². The zero-order chi connectivity index (χ0) is 41.9. The first-order chi connectivity index (χ1) is 26.6. The van der Waals surface area contributed by atoms with E-state index in [-0.39, 0.29) is 44.8 Å². The Kier molecular flexibility index (Phi) is 20.2. The second-order valence-corrected chi connectivity index (χ2v) is 15.1. The van der Waals surface area contributed by atoms with Crippen LogP contribution in [0.3, 0.4) is 0 Å². The van der Waals surface area contributed by atoms with Crippen molar-refractivity contribution in [2.24, 2.45) is 28.7 Å². The molecule has 2 rings (SSSR count). The third-order valence-electron chi connectivity index (χ3n) is 9.84. The second kappa shape index (κ2) is 23.9. The zero-order valence-corrected chi connectivity index (χ0v) is 34.2. The van der Waals surface area contributed by atoms with E-state index in [4.69, 9.17) is 14.2 Å². The van der Waals surface area contributed by atoms with Gasteiger partial charge in [-0.05, 0) is 67.9 Å². The SMILES string of the molecule is C=C[C@H](C(=O)N[C@@H](CC(C)C)C(=O)N1CCC[C@H]1C(=O)N[C@@H](Cc1ccc(OC)cc1)C(=O)OCCC(=O)N=C)C(=O)[C@@H](OC(=O)CCC[C@@H](C)CC)C(C)C. The summed E-state index contributed by atoms with van der Waals surface area (Å²) in [5, 5.41) is 5.49. The fourth-order valence-electron chi connectivity index (χ4n) is 6.39. The highest BCUT2D eigenvalue weighted by molar-refractivity contribution is 6.07. The minimum atomic E-state index is -1.40. The van der Waals surface area contributed by atoms with Crippen LogP contribution in [-0.4, -0.2) is 97.5 Å². The summed E-state index contributed by atoms with van der Waals surface area (Å²) in [7, 11) is 1.52. The molecule has 1 aliphatic rings. The largest absolute Gasteiger partial charge is 0.497 e. The fraction of sp³-hybridized carbons (Fsp3) is 0.619. The van der Waals surface area contributed by atoms with Crippen LogP contribution in [0.2, 0.25) is 0 Å². The van der Waals surface area contributed by atoms with Gasteiger partial charge in [0.2, 0.25) is 23.6 Å². The number of carbonyl (C=O) groups excluding carboxylic acids is 7. The monoisotopic (exact) mass is 782 g/mol. The third-order valence-corrected chi connectivity index (χ3v) is 9.84. The van der Waals surface area contributed by atoms with Gasteiger partial charge in [-0.1, -0.05) is 72.6 Å². The van der Waals surface area contributed by atoms with Gasteiger partial charge in [0.1, 0.15) is 36.4 Å². The van der Waals surface area contributed by atoms with Gasteiger partial charge >= 0.3 is 11.9 Å². The lowest BCUT2D eigenvalue weighted by atomic mass is 9.91. The number of rotatable bonds is 24. The van der Waals surface area contributed by atoms with Crippen LogP contribution in [0.5, 0.6) is 5.75 Å². The molecule has 14 heteroatoms. The number of amides is 4. The maximum absolute atomic E-state index is 14.2. The maximum Gasteiger partial charge on any atom is 0.328 e. The van der Waals surface area contributed by atoms with Gasteiger partial charge in [-0.15, -0.1) is 6.58 Å². The minimum Gasteiger partial charge on any atom is -0.497 e. The van der Waals surface area contributed by atoms with Gasteiger partial charge in [-0.3, -0.25) is 28.8 Å². The van der Waals surface area contributed by atoms with Gasteiger partial charge < -0.3 is 29.7 Å². The molecule has 0 aliphatic carbocycles. The Labute approximate surface area is 331 Å². The molecule has 0 spiro atoms. The Morgan fingerprint density at radius 3 is 2.23 bits per heavy atom. The Morgan fingerprint density at radius 1 is 0.982 bits per heavy atom. The molecule has 1 fully saturated rings. The Morgan fingerprint density at radius 2 is 1.66 bits per heavy atom. The number of Topliss-reactive ketones (excluding diaryl/α,β-unsaturated/α-hetero) is 1. The van der Waals surface area contributed by atoms with Crippen molar-refractivity contribution in [3.63, 3.8) is 0 Å². The van der Waals surface area contributed by atoms with Crippen LogP contribution in [-0.2, 0) is 49.5 Å². The number of hydrogen-bond acceptors (Lipinski definition) is 10. The average molecular weight is 783 g/mol. The van der Waals surface area contributed by atoms with Crippen molar-refractivity contribution >= 4 is 48.1 Å². The molecule has 1 aromatic rings. The number of likely N-dealkylation sites (tertiary alicyclic amines) is 1. The molecule has 1 aliphatic heterocycles. The topological polar surface area (TPSA) is 187 Å². The number of esters is 2. The second-order valence-electron chi connectivity index (χ2n) is 15.1. The third kappa shape index (κ3) is 15.0. The number of methoxy groups -OCH3 is 1. The van der Waals surface area contributed by atoms with E-state index in [0.29, 0.717) is 36.5 Å². The number of ether oxygens (including phenoxy) is 3. The van der Waals surface area contributed by atoms with Gasteiger partial charge in [0.05, 0.1) is 13.5 Å². The molecule has 14 nitrogen and oxygen atoms in total. The number of nitrogens with one attached hydrogen (secondary N) is 2. The molecule has 0 unspecified atom stereocenters. The number of carbonyl (C=O) groups is 7. The number of hydrogen-bond donors (Lipinski definition) is 2. The summed E-state index contributed by atoms with van der Waals surface area (Å²) in [5.41, 5.74) is 0.693. The molecule has 56 heavy (non-hydrogen) atoms. The summed E-state index contributed by atoms with van der Waals surface area (Å²) in [4.78, 5) is 97.7. The number of aliphatic imine (C=N–C) groups is 1. The van der Waals surface area contributed by atoms with Gasteiger partial charge in [0, 0.05) is 19.4 Å². The van der Waals surface area contributed by atoms with Crippen molar-refractivity contribution in [3.05, 3.63) is 42.5 Å². The summed E-state index contributed by atoms with van der Waals surface area (Å²) >= 11 is 0. The van der Waals surface area contributed by atoms with Crippen LogP contribution in [0.4, 0.5) is 0 Å². The molecule has 0 radical (unpaired) electrons. The first-order valence-corrected chi connectivity index (χ1v) is 19.6. The number of ketones is 1. The van der Waals surface area contributed by atoms with Gasteiger partial charge in [-0.25, -0.2) is 9.79 Å². The lowest BCUT2D eigenvalue weighted by Crippen LogP contribution is -2.57. The van der Waals surface area contributed by atoms with Gasteiger partial charge in [0.25, 0.3) is 0 Å². The lowest BCUT2D eigenvalue weighted by molar-refractivity contribution is -0.160. The maximum atomic E-state index is 14.2. The van der Waals surface area contributed by atoms with E-state index in [9.17, 15) is 33.6 Å². The smallest absolute Gasteiger partial charge is 0.328 e. The van der Waals surface area contributed by atoms with Crippen molar-refractivity contribution in [1.82, 2.24) is 15.5 Å². The molecule has 0 aromatic heterocycles. The average Bonchev–Trinajstić information content (AvgIpc) is 3.66. The Bertz CT molecular complexity index is 1530. The molecular weight excluding hydrogens is 720 g/mol. The van der Waals surface area contributed by atoms with E-state index in [1.54, 1.807) is 38.1 Å². The molecule has 4 amide bonds. The van der Waals surface area contributed by atoms with Crippen LogP contribution in [0.1, 0.15) is 98.5 Å². The summed E-state index contributed by atoms with van der Waals surface area (Å²) in [6, 6.07) is 3.69. The fourth-order valence-corrected chi connectivity index (χ4v) is 6.39. The molecule has 0 saturated carbocycles. The van der Waals surface area contributed by atoms with Crippen molar-refractivity contribution in [3.8, 4) is 5.75 Å². The highest BCUT2D eigenvalue weighted by Crippen LogP contribution is 2.23. The first kappa shape index (κ1) is 47.3. The van der Waals surface area contributed by atoms with Gasteiger partial charge in [0.15, 0.2) is 11.9 Å². The summed E-state index contributed by atoms with van der Waals surface area (Å²) in [6.45, 7) is 18.2. The van der Waals surface area contributed by atoms with Crippen molar-refractivity contribution in [1.29, 1.82) is 0 Å². The van der Waals surface area contributed by atoms with Crippen LogP contribution >= 0.6 is 0 Å². The molecule has 310 valence electrons. The summed E-state index contributed by atoms with van der Waals surface area (Å²) in [6.07, 6.45) is 3.48. The van der Waals surface area contributed by atoms with E-state index >= 15 is 0 Å². The van der Waals surface area contributed by atoms with Crippen LogP contribution in [0.15, 0.2) is 41.9 Å². The Hall–Kier alpha value is -4.88. The van der Waals surface area contributed by atoms with Crippen molar-refractivity contribution in [2.75, 3.05) is 20.3 Å². The van der Waals surface area contributed by atoms with Crippen molar-refractivity contribution < 1.29 is 47.8 Å². The highest BCUT2D eigenvalue weighted by Gasteiger charge is 2.41. The molecule has 1 saturated heterocycles. The van der Waals surface area contributed by atoms with E-state index in [1.807, 2.05) is 13.8 Å².